The van der Waals surface area contributed by atoms with Gasteiger partial charge in [0.2, 0.25) is 29.5 Å². The molecule has 67 heteroatoms. The van der Waals surface area contributed by atoms with Gasteiger partial charge in [-0.2, -0.15) is 8.42 Å². The summed E-state index contributed by atoms with van der Waals surface area (Å²) >= 11 is 0. The van der Waals surface area contributed by atoms with Crippen LogP contribution >= 0.6 is 0 Å². The van der Waals surface area contributed by atoms with Gasteiger partial charge in [-0.1, -0.05) is 0 Å². The van der Waals surface area contributed by atoms with Crippen molar-refractivity contribution in [3.63, 3.8) is 0 Å². The molecule has 0 radical (unpaired) electrons. The lowest BCUT2D eigenvalue weighted by Gasteiger charge is -2.51. The molecule has 0 bridgehead atoms. The van der Waals surface area contributed by atoms with Crippen LogP contribution in [0.15, 0.2) is 0 Å². The summed E-state index contributed by atoms with van der Waals surface area (Å²) in [6.45, 7) is -6.74. The van der Waals surface area contributed by atoms with Gasteiger partial charge in [-0.15, -0.1) is 0 Å². The number of rotatable bonds is 40. The van der Waals surface area contributed by atoms with Crippen LogP contribution < -0.4 is 26.6 Å². The van der Waals surface area contributed by atoms with E-state index in [2.05, 4.69) is 30.8 Å². The molecule has 11 saturated heterocycles. The number of aliphatic hydroxyl groups is 29. The molecule has 844 valence electrons. The zero-order valence-electron chi connectivity index (χ0n) is 78.1. The van der Waals surface area contributed by atoms with Crippen molar-refractivity contribution in [2.45, 2.75) is 391 Å². The smallest absolute Gasteiger partial charge is 0.397 e. The predicted molar refractivity (Wildman–Crippen MR) is 447 cm³/mol. The van der Waals surface area contributed by atoms with Crippen molar-refractivity contribution < 1.29 is 299 Å². The van der Waals surface area contributed by atoms with Crippen molar-refractivity contribution in [3.8, 4) is 0 Å². The Morgan fingerprint density at radius 3 is 1.08 bits per heavy atom. The molecule has 0 aliphatic carbocycles. The SMILES string of the molecule is CC(=O)N[C@@H]1[C@@H](O)[C@H](O[C@@H]2O[C@H](CO)[C@@H](O[C@@H]3O[C@H](CO[C@H]4O[C@H](CO)[C@@H](O)[C@H](O)[C@@H]4O[C@@H]4O[C@H](CO)[C@@H](O[C@@H]5O[C@H](CO)[C@H](O)[C@H](OS(=O)(=O)O)[C@H]5O)[C@H](O)[C@H]4NC(C)=O)[C@@H](O)[C@H](O[C@H]4O[C@H](CO)[C@@H](O)[C@H](O)[C@@H]4O[C@@H]4O[C@H](CO)[C@@H](O[C@@H]5O[C@H](CO)[C@H](O)[C@H](O[C@]6(C(=O)O)C[C@H](O)[C@@H](NC(C)=O)[C@H]([C@H](O)[C@H](O)CO)O6)[C@H]5O)[C@H](O)[C@H]4NC(C)=O)[C@@H]3O)[C@H](O)[C@H]2NC(C)=O)[C@@H](CO[C@@H]2O[C@@H](C)[C@@H](O)[C@@H](O)[C@@H]2O)O[C@H]1O. The first kappa shape index (κ1) is 121. The Bertz CT molecular complexity index is 4300. The van der Waals surface area contributed by atoms with Crippen molar-refractivity contribution in [1.82, 2.24) is 26.6 Å². The molecule has 0 unspecified atom stereocenters. The molecule has 146 heavy (non-hydrogen) atoms. The first-order valence-electron chi connectivity index (χ1n) is 45.8. The topological polar surface area (TPSA) is 1030 Å². The molecule has 5 amide bonds. The number of carbonyl (C=O) groups is 6. The van der Waals surface area contributed by atoms with Crippen molar-refractivity contribution in [2.24, 2.45) is 0 Å². The maximum atomic E-state index is 13.4. The highest BCUT2D eigenvalue weighted by Gasteiger charge is 2.65. The van der Waals surface area contributed by atoms with E-state index in [1.807, 2.05) is 0 Å². The van der Waals surface area contributed by atoms with Gasteiger partial charge in [0.05, 0.1) is 84.3 Å². The van der Waals surface area contributed by atoms with Crippen LogP contribution in [0.2, 0.25) is 0 Å². The monoisotopic (exact) mass is 2160 g/mol. The fourth-order valence-electron chi connectivity index (χ4n) is 18.6. The lowest BCUT2D eigenvalue weighted by molar-refractivity contribution is -0.401. The summed E-state index contributed by atoms with van der Waals surface area (Å²) in [7, 11) is -5.54. The molecular weight excluding hydrogens is 2030 g/mol. The van der Waals surface area contributed by atoms with E-state index in [-0.39, 0.29) is 0 Å². The molecule has 0 aromatic heterocycles. The van der Waals surface area contributed by atoms with E-state index in [0.29, 0.717) is 0 Å². The number of hydrogen-bond donors (Lipinski definition) is 36. The van der Waals surface area contributed by atoms with E-state index in [1.165, 1.54) is 6.92 Å². The van der Waals surface area contributed by atoms with Crippen molar-refractivity contribution in [1.29, 1.82) is 0 Å². The molecule has 11 heterocycles. The number of aliphatic hydroxyl groups excluding tert-OH is 29. The van der Waals surface area contributed by atoms with Crippen LogP contribution in [0.4, 0.5) is 0 Å². The van der Waals surface area contributed by atoms with Gasteiger partial charge in [-0.25, -0.2) is 8.98 Å². The summed E-state index contributed by atoms with van der Waals surface area (Å²) in [6, 6.07) is -10.0. The predicted octanol–water partition coefficient (Wildman–Crippen LogP) is -24.2. The lowest BCUT2D eigenvalue weighted by atomic mass is 9.88. The summed E-state index contributed by atoms with van der Waals surface area (Å²) in [4.78, 5) is 78.1. The second-order valence-electron chi connectivity index (χ2n) is 36.5. The van der Waals surface area contributed by atoms with Crippen LogP contribution in [0.1, 0.15) is 48.0 Å². The second-order valence-corrected chi connectivity index (χ2v) is 37.5. The molecule has 36 N–H and O–H groups in total. The third-order valence-corrected chi connectivity index (χ3v) is 26.6. The molecule has 11 aliphatic heterocycles. The third-order valence-electron chi connectivity index (χ3n) is 26.1. The number of carboxylic acid groups (broad SMARTS) is 1. The van der Waals surface area contributed by atoms with Crippen LogP contribution in [-0.2, 0) is 143 Å². The molecule has 0 aromatic carbocycles. The molecule has 11 rings (SSSR count). The minimum Gasteiger partial charge on any atom is -0.477 e. The Labute approximate surface area is 825 Å². The van der Waals surface area contributed by atoms with Crippen LogP contribution in [-0.4, -0.2) is 611 Å². The van der Waals surface area contributed by atoms with Crippen molar-refractivity contribution in [3.05, 3.63) is 0 Å². The quantitative estimate of drug-likeness (QED) is 0.0253. The lowest BCUT2D eigenvalue weighted by Crippen LogP contribution is -2.71. The van der Waals surface area contributed by atoms with Crippen molar-refractivity contribution >= 4 is 45.9 Å². The minimum atomic E-state index is -5.54. The Morgan fingerprint density at radius 2 is 0.658 bits per heavy atom. The number of ether oxygens (including phenoxy) is 21. The Kier molecular flexibility index (Phi) is 42.9. The number of carboxylic acids is 1. The van der Waals surface area contributed by atoms with E-state index in [0.717, 1.165) is 34.6 Å². The normalized spacial score (nSPS) is 47.2. The highest BCUT2D eigenvalue weighted by molar-refractivity contribution is 7.80. The van der Waals surface area contributed by atoms with E-state index >= 15 is 0 Å². The molecule has 11 aliphatic rings. The summed E-state index contributed by atoms with van der Waals surface area (Å²) in [5, 5.41) is 352. The minimum absolute atomic E-state index is 0.827. The molecular formula is C79H131N5O61S. The number of carbonyl (C=O) groups excluding carboxylic acids is 5. The fourth-order valence-corrected chi connectivity index (χ4v) is 19.1. The summed E-state index contributed by atoms with van der Waals surface area (Å²) in [5.74, 6) is -10.6. The molecule has 66 nitrogen and oxygen atoms in total. The fraction of sp³-hybridized carbons (Fsp3) is 0.924. The summed E-state index contributed by atoms with van der Waals surface area (Å²) < 4.78 is 163. The van der Waals surface area contributed by atoms with Crippen molar-refractivity contribution in [2.75, 3.05) is 66.1 Å². The number of hydrogen-bond acceptors (Lipinski definition) is 59. The maximum Gasteiger partial charge on any atom is 0.397 e. The number of nitrogens with one attached hydrogen (secondary N) is 5. The highest BCUT2D eigenvalue weighted by atomic mass is 32.3. The molecule has 0 aromatic rings. The molecule has 56 atom stereocenters. The average Bonchev–Trinajstić information content (AvgIpc) is 0.748. The zero-order valence-corrected chi connectivity index (χ0v) is 78.9. The van der Waals surface area contributed by atoms with Gasteiger partial charge in [0.15, 0.2) is 62.9 Å². The molecule has 0 spiro atoms. The first-order valence-corrected chi connectivity index (χ1v) is 47.2. The number of amides is 5. The van der Waals surface area contributed by atoms with Crippen LogP contribution in [0.3, 0.4) is 0 Å². The highest BCUT2D eigenvalue weighted by Crippen LogP contribution is 2.44. The van der Waals surface area contributed by atoms with Gasteiger partial charge in [0.1, 0.15) is 256 Å². The summed E-state index contributed by atoms with van der Waals surface area (Å²) in [5.41, 5.74) is 0. The second kappa shape index (κ2) is 51.8. The van der Waals surface area contributed by atoms with Gasteiger partial charge in [-0.05, 0) is 6.92 Å². The van der Waals surface area contributed by atoms with E-state index in [1.54, 1.807) is 0 Å². The van der Waals surface area contributed by atoms with Gasteiger partial charge in [-0.3, -0.25) is 28.5 Å². The van der Waals surface area contributed by atoms with Gasteiger partial charge >= 0.3 is 16.4 Å². The Hall–Kier alpha value is -5.31. The zero-order chi connectivity index (χ0) is 108. The first-order chi connectivity index (χ1) is 68.7. The third kappa shape index (κ3) is 27.2. The van der Waals surface area contributed by atoms with Crippen LogP contribution in [0.25, 0.3) is 0 Å². The summed E-state index contributed by atoms with van der Waals surface area (Å²) in [6.07, 6.45) is -114. The largest absolute Gasteiger partial charge is 0.477 e. The standard InChI is InChI=1S/C79H131N5O61S/c1-18-40(100)51(111)54(114)72(126-18)124-17-34-61(47(107)36(68(118)127-34)81-20(3)94)136-69-37(82-21(4)95)48(108)58(30(13-90)132-69)137-73-55(115)63(46(106)33(135-73)16-125-76-66(52(112)42(102)26(9-86)130-76)141-70-38(83-22(5)96)49(109)60(32(15-92)133-70)139-75-57(117)65(145-146(121,122)123)45(105)29(12-89)129-75)140-77-67(53(113)43(103)27(10-87)131-77)142-71-39(84-23(6)97)50(110)59(31(14-91)134-71)138-74-56(116)64(44(104)28(11-88)128-74)144-79(78(119)120)7-24(98)35(80-19(2)93)62(143-79)41(101)25(99)8-85/h18,24-77,85-92,98-118H,7-17H2,1-6H3,(H,80,93)(H,81,94)(H,82,95)(H,83,96)(H,84,97)(H,119,120)(H,121,122,123)/t18-,24-,25+,26+,27+,28+,29+,30+,31+,32+,33+,34+,35+,36+,37+,38+,39+,40+,41+,42+,43+,44-,45-,46+,47+,48+,49+,50+,51+,52-,53-,54-,55-,56+,57+,58+,59+,60+,61+,62+,63-,64-,65-,66-,67-,68+,69-,70-,71-,72+,73-,74-,75-,76-,77+,79-/m0/s1. The van der Waals surface area contributed by atoms with Gasteiger partial charge in [0, 0.05) is 41.0 Å². The van der Waals surface area contributed by atoms with E-state index in [4.69, 9.17) is 99.5 Å². The number of aliphatic carboxylic acids is 1. The van der Waals surface area contributed by atoms with E-state index < -0.39 is 461 Å². The Morgan fingerprint density at radius 1 is 0.329 bits per heavy atom. The van der Waals surface area contributed by atoms with Gasteiger partial charge in [0.25, 0.3) is 5.79 Å². The molecule has 0 saturated carbocycles. The van der Waals surface area contributed by atoms with E-state index in [9.17, 15) is 195 Å². The maximum absolute atomic E-state index is 13.4. The Balaban J connectivity index is 0.924. The molecule has 11 fully saturated rings. The van der Waals surface area contributed by atoms with Crippen LogP contribution in [0.5, 0.6) is 0 Å². The average molecular weight is 2160 g/mol. The van der Waals surface area contributed by atoms with Gasteiger partial charge < -0.3 is 279 Å². The van der Waals surface area contributed by atoms with Crippen LogP contribution in [0, 0.1) is 0 Å².